The van der Waals surface area contributed by atoms with Gasteiger partial charge in [0.25, 0.3) is 0 Å². The van der Waals surface area contributed by atoms with Gasteiger partial charge < -0.3 is 5.73 Å². The minimum atomic E-state index is 0.634. The molecule has 1 aliphatic heterocycles. The van der Waals surface area contributed by atoms with Crippen LogP contribution in [-0.4, -0.2) is 24.5 Å². The lowest BCUT2D eigenvalue weighted by atomic mass is 9.98. The van der Waals surface area contributed by atoms with Gasteiger partial charge in [-0.15, -0.1) is 0 Å². The highest BCUT2D eigenvalue weighted by Crippen LogP contribution is 2.24. The van der Waals surface area contributed by atoms with E-state index in [2.05, 4.69) is 4.90 Å². The minimum Gasteiger partial charge on any atom is -0.330 e. The average Bonchev–Trinajstić information content (AvgIpc) is 2.33. The Morgan fingerprint density at radius 1 is 1.35 bits per heavy atom. The van der Waals surface area contributed by atoms with Gasteiger partial charge in [0.05, 0.1) is 0 Å². The predicted molar refractivity (Wildman–Crippen MR) is 73.5 cm³/mol. The third-order valence-corrected chi connectivity index (χ3v) is 3.93. The van der Waals surface area contributed by atoms with E-state index in [-0.39, 0.29) is 0 Å². The molecule has 0 radical (unpaired) electrons. The van der Waals surface area contributed by atoms with Crippen molar-refractivity contribution >= 4 is 23.2 Å². The molecule has 1 aromatic carbocycles. The molecule has 0 aromatic heterocycles. The van der Waals surface area contributed by atoms with Crippen molar-refractivity contribution < 1.29 is 0 Å². The van der Waals surface area contributed by atoms with Crippen LogP contribution in [0, 0.1) is 5.92 Å². The number of nitrogens with two attached hydrogens (primary N) is 1. The minimum absolute atomic E-state index is 0.634. The summed E-state index contributed by atoms with van der Waals surface area (Å²) >= 11 is 12.1. The van der Waals surface area contributed by atoms with Crippen LogP contribution in [0.5, 0.6) is 0 Å². The number of halogens is 2. The largest absolute Gasteiger partial charge is 0.330 e. The van der Waals surface area contributed by atoms with Gasteiger partial charge in [0, 0.05) is 23.1 Å². The van der Waals surface area contributed by atoms with Gasteiger partial charge in [-0.1, -0.05) is 29.3 Å². The van der Waals surface area contributed by atoms with E-state index < -0.39 is 0 Å². The molecule has 2 nitrogen and oxygen atoms in total. The summed E-state index contributed by atoms with van der Waals surface area (Å²) in [6, 6.07) is 5.71. The van der Waals surface area contributed by atoms with E-state index in [0.29, 0.717) is 10.9 Å². The molecular weight excluding hydrogens is 255 g/mol. The second-order valence-electron chi connectivity index (χ2n) is 4.71. The van der Waals surface area contributed by atoms with Crippen molar-refractivity contribution in [1.82, 2.24) is 4.90 Å². The summed E-state index contributed by atoms with van der Waals surface area (Å²) < 4.78 is 0. The number of piperidine rings is 1. The molecule has 17 heavy (non-hydrogen) atoms. The molecule has 0 aliphatic carbocycles. The molecule has 1 saturated heterocycles. The fourth-order valence-corrected chi connectivity index (χ4v) is 2.85. The summed E-state index contributed by atoms with van der Waals surface area (Å²) in [5.41, 5.74) is 6.89. The van der Waals surface area contributed by atoms with E-state index in [1.807, 2.05) is 18.2 Å². The number of benzene rings is 1. The Hall–Kier alpha value is -0.280. The van der Waals surface area contributed by atoms with Gasteiger partial charge >= 0.3 is 0 Å². The third kappa shape index (κ3) is 3.59. The lowest BCUT2D eigenvalue weighted by molar-refractivity contribution is 0.171. The molecule has 1 aliphatic rings. The van der Waals surface area contributed by atoms with Crippen LogP contribution >= 0.6 is 23.2 Å². The Morgan fingerprint density at radius 3 is 2.88 bits per heavy atom. The molecular formula is C13H18Cl2N2. The van der Waals surface area contributed by atoms with Gasteiger partial charge in [-0.25, -0.2) is 0 Å². The van der Waals surface area contributed by atoms with Crippen molar-refractivity contribution in [3.8, 4) is 0 Å². The molecule has 94 valence electrons. The van der Waals surface area contributed by atoms with Crippen LogP contribution in [0.25, 0.3) is 0 Å². The van der Waals surface area contributed by atoms with E-state index in [1.165, 1.54) is 12.8 Å². The number of rotatable bonds is 3. The molecule has 0 spiro atoms. The zero-order valence-corrected chi connectivity index (χ0v) is 11.3. The molecule has 2 rings (SSSR count). The van der Waals surface area contributed by atoms with Crippen molar-refractivity contribution in [2.75, 3.05) is 19.6 Å². The van der Waals surface area contributed by atoms with Gasteiger partial charge in [0.2, 0.25) is 0 Å². The lowest BCUT2D eigenvalue weighted by Crippen LogP contribution is -2.37. The second-order valence-corrected chi connectivity index (χ2v) is 5.56. The van der Waals surface area contributed by atoms with Crippen molar-refractivity contribution in [3.05, 3.63) is 33.8 Å². The first-order chi connectivity index (χ1) is 8.19. The van der Waals surface area contributed by atoms with E-state index in [1.54, 1.807) is 0 Å². The Labute approximate surface area is 113 Å². The van der Waals surface area contributed by atoms with Crippen molar-refractivity contribution in [2.24, 2.45) is 11.7 Å². The molecule has 0 unspecified atom stereocenters. The maximum Gasteiger partial charge on any atom is 0.0465 e. The van der Waals surface area contributed by atoms with Crippen molar-refractivity contribution in [1.29, 1.82) is 0 Å². The zero-order chi connectivity index (χ0) is 12.3. The fourth-order valence-electron chi connectivity index (χ4n) is 2.38. The first kappa shape index (κ1) is 13.2. The van der Waals surface area contributed by atoms with E-state index in [4.69, 9.17) is 28.9 Å². The normalized spacial score (nSPS) is 21.7. The lowest BCUT2D eigenvalue weighted by Gasteiger charge is -2.32. The molecule has 1 heterocycles. The van der Waals surface area contributed by atoms with E-state index >= 15 is 0 Å². The molecule has 0 bridgehead atoms. The second kappa shape index (κ2) is 6.05. The standard InChI is InChI=1S/C13H18Cl2N2/c14-12-4-3-11(13(15)6-12)9-17-5-1-2-10(7-16)8-17/h3-4,6,10H,1-2,5,7-9,16H2/t10-/m1/s1. The molecule has 0 saturated carbocycles. The average molecular weight is 273 g/mol. The quantitative estimate of drug-likeness (QED) is 0.916. The number of hydrogen-bond acceptors (Lipinski definition) is 2. The fraction of sp³-hybridized carbons (Fsp3) is 0.538. The van der Waals surface area contributed by atoms with Gasteiger partial charge in [0.15, 0.2) is 0 Å². The van der Waals surface area contributed by atoms with Crippen LogP contribution in [0.15, 0.2) is 18.2 Å². The first-order valence-electron chi connectivity index (χ1n) is 6.05. The summed E-state index contributed by atoms with van der Waals surface area (Å²) in [5, 5.41) is 1.45. The van der Waals surface area contributed by atoms with Crippen LogP contribution in [0.4, 0.5) is 0 Å². The van der Waals surface area contributed by atoms with Crippen LogP contribution in [0.1, 0.15) is 18.4 Å². The van der Waals surface area contributed by atoms with Gasteiger partial charge in [-0.3, -0.25) is 4.90 Å². The molecule has 1 atom stereocenters. The zero-order valence-electron chi connectivity index (χ0n) is 9.83. The highest BCUT2D eigenvalue weighted by molar-refractivity contribution is 6.35. The third-order valence-electron chi connectivity index (χ3n) is 3.35. The Bertz CT molecular complexity index is 382. The summed E-state index contributed by atoms with van der Waals surface area (Å²) in [6.45, 7) is 3.89. The Kier molecular flexibility index (Phi) is 4.69. The molecule has 2 N–H and O–H groups in total. The van der Waals surface area contributed by atoms with Crippen LogP contribution in [-0.2, 0) is 6.54 Å². The first-order valence-corrected chi connectivity index (χ1v) is 6.81. The van der Waals surface area contributed by atoms with Crippen LogP contribution in [0.2, 0.25) is 10.0 Å². The molecule has 0 amide bonds. The van der Waals surface area contributed by atoms with Crippen LogP contribution in [0.3, 0.4) is 0 Å². The van der Waals surface area contributed by atoms with Crippen LogP contribution < -0.4 is 5.73 Å². The smallest absolute Gasteiger partial charge is 0.0465 e. The maximum atomic E-state index is 6.18. The number of nitrogens with zero attached hydrogens (tertiary/aromatic N) is 1. The monoisotopic (exact) mass is 272 g/mol. The Balaban J connectivity index is 2.00. The summed E-state index contributed by atoms with van der Waals surface area (Å²) in [7, 11) is 0. The topological polar surface area (TPSA) is 29.3 Å². The van der Waals surface area contributed by atoms with E-state index in [9.17, 15) is 0 Å². The predicted octanol–water partition coefficient (Wildman–Crippen LogP) is 3.16. The number of likely N-dealkylation sites (tertiary alicyclic amines) is 1. The molecule has 4 heteroatoms. The van der Waals surface area contributed by atoms with Crippen molar-refractivity contribution in [3.63, 3.8) is 0 Å². The summed E-state index contributed by atoms with van der Waals surface area (Å²) in [4.78, 5) is 2.43. The van der Waals surface area contributed by atoms with E-state index in [0.717, 1.165) is 36.8 Å². The van der Waals surface area contributed by atoms with Gasteiger partial charge in [-0.05, 0) is 49.5 Å². The van der Waals surface area contributed by atoms with Gasteiger partial charge in [0.1, 0.15) is 0 Å². The summed E-state index contributed by atoms with van der Waals surface area (Å²) in [6.07, 6.45) is 2.48. The highest BCUT2D eigenvalue weighted by atomic mass is 35.5. The SMILES string of the molecule is NC[C@H]1CCCN(Cc2ccc(Cl)cc2Cl)C1. The molecule has 1 aromatic rings. The Morgan fingerprint density at radius 2 is 2.18 bits per heavy atom. The van der Waals surface area contributed by atoms with Crippen molar-refractivity contribution in [2.45, 2.75) is 19.4 Å². The van der Waals surface area contributed by atoms with Gasteiger partial charge in [-0.2, -0.15) is 0 Å². The number of hydrogen-bond donors (Lipinski definition) is 1. The highest BCUT2D eigenvalue weighted by Gasteiger charge is 2.19. The molecule has 1 fully saturated rings. The summed E-state index contributed by atoms with van der Waals surface area (Å²) in [5.74, 6) is 0.634. The maximum absolute atomic E-state index is 6.18.